The van der Waals surface area contributed by atoms with Crippen LogP contribution in [0, 0.1) is 0 Å². The van der Waals surface area contributed by atoms with Crippen molar-refractivity contribution in [3.63, 3.8) is 0 Å². The molecule has 1 aromatic carbocycles. The molecule has 1 unspecified atom stereocenters. The highest BCUT2D eigenvalue weighted by Crippen LogP contribution is 2.24. The Morgan fingerprint density at radius 2 is 2.08 bits per heavy atom. The third-order valence-electron chi connectivity index (χ3n) is 2.58. The molecule has 13 heavy (non-hydrogen) atoms. The Labute approximate surface area is 78.9 Å². The topological polar surface area (TPSA) is 21.3 Å². The maximum atomic E-state index is 5.11. The van der Waals surface area contributed by atoms with Crippen molar-refractivity contribution in [1.82, 2.24) is 5.32 Å². The van der Waals surface area contributed by atoms with E-state index in [9.17, 15) is 0 Å². The number of hydrogen-bond acceptors (Lipinski definition) is 2. The van der Waals surface area contributed by atoms with E-state index in [0.717, 1.165) is 12.3 Å². The first kappa shape index (κ1) is 8.57. The molecule has 1 saturated heterocycles. The molecule has 2 heteroatoms. The number of nitrogens with one attached hydrogen (secondary N) is 1. The van der Waals surface area contributed by atoms with Crippen LogP contribution >= 0.6 is 0 Å². The van der Waals surface area contributed by atoms with Gasteiger partial charge in [-0.2, -0.15) is 0 Å². The quantitative estimate of drug-likeness (QED) is 0.747. The molecule has 0 bridgehead atoms. The lowest BCUT2D eigenvalue weighted by molar-refractivity contribution is 0.414. The molecular formula is C11H15NO. The minimum absolute atomic E-state index is 0.561. The Bertz CT molecular complexity index is 262. The van der Waals surface area contributed by atoms with Gasteiger partial charge >= 0.3 is 0 Å². The highest BCUT2D eigenvalue weighted by Gasteiger charge is 2.15. The Kier molecular flexibility index (Phi) is 2.50. The summed E-state index contributed by atoms with van der Waals surface area (Å²) < 4.78 is 5.11. The molecule has 1 N–H and O–H groups in total. The molecule has 1 aromatic rings. The average molecular weight is 177 g/mol. The third kappa shape index (κ3) is 1.83. The number of methoxy groups -OCH3 is 1. The largest absolute Gasteiger partial charge is 0.497 e. The van der Waals surface area contributed by atoms with Crippen molar-refractivity contribution in [3.05, 3.63) is 29.8 Å². The van der Waals surface area contributed by atoms with Gasteiger partial charge in [-0.25, -0.2) is 0 Å². The van der Waals surface area contributed by atoms with E-state index in [2.05, 4.69) is 17.4 Å². The van der Waals surface area contributed by atoms with Crippen LogP contribution in [0.2, 0.25) is 0 Å². The van der Waals surface area contributed by atoms with Crippen molar-refractivity contribution < 1.29 is 4.74 Å². The number of ether oxygens (including phenoxy) is 1. The van der Waals surface area contributed by atoms with E-state index in [1.54, 1.807) is 7.11 Å². The second-order valence-corrected chi connectivity index (χ2v) is 3.42. The predicted molar refractivity (Wildman–Crippen MR) is 53.0 cm³/mol. The maximum absolute atomic E-state index is 5.11. The van der Waals surface area contributed by atoms with Crippen LogP contribution in [0.25, 0.3) is 0 Å². The number of hydrogen-bond donors (Lipinski definition) is 1. The summed E-state index contributed by atoms with van der Waals surface area (Å²) in [5, 5.41) is 3.47. The molecule has 0 saturated carbocycles. The summed E-state index contributed by atoms with van der Waals surface area (Å²) in [5.74, 6) is 0.932. The van der Waals surface area contributed by atoms with Crippen molar-refractivity contribution in [2.75, 3.05) is 13.7 Å². The Balaban J connectivity index is 2.12. The third-order valence-corrected chi connectivity index (χ3v) is 2.58. The van der Waals surface area contributed by atoms with Crippen LogP contribution < -0.4 is 10.1 Å². The van der Waals surface area contributed by atoms with Gasteiger partial charge in [0.15, 0.2) is 0 Å². The minimum Gasteiger partial charge on any atom is -0.497 e. The van der Waals surface area contributed by atoms with Crippen molar-refractivity contribution in [2.24, 2.45) is 0 Å². The van der Waals surface area contributed by atoms with Crippen LogP contribution in [-0.2, 0) is 0 Å². The van der Waals surface area contributed by atoms with E-state index >= 15 is 0 Å². The lowest BCUT2D eigenvalue weighted by atomic mass is 10.1. The van der Waals surface area contributed by atoms with Gasteiger partial charge in [-0.15, -0.1) is 0 Å². The van der Waals surface area contributed by atoms with Gasteiger partial charge in [0.25, 0.3) is 0 Å². The first-order valence-electron chi connectivity index (χ1n) is 4.77. The normalized spacial score (nSPS) is 21.8. The van der Waals surface area contributed by atoms with Gasteiger partial charge in [0.2, 0.25) is 0 Å². The summed E-state index contributed by atoms with van der Waals surface area (Å²) in [7, 11) is 1.70. The first-order chi connectivity index (χ1) is 6.40. The van der Waals surface area contributed by atoms with Crippen LogP contribution in [0.5, 0.6) is 5.75 Å². The standard InChI is InChI=1S/C11H15NO/c1-13-10-6-4-9(5-7-10)11-3-2-8-12-11/h4-7,11-12H,2-3,8H2,1H3. The highest BCUT2D eigenvalue weighted by molar-refractivity contribution is 5.29. The summed E-state index contributed by atoms with van der Waals surface area (Å²) >= 11 is 0. The average Bonchev–Trinajstić information content (AvgIpc) is 2.71. The smallest absolute Gasteiger partial charge is 0.118 e. The van der Waals surface area contributed by atoms with E-state index in [-0.39, 0.29) is 0 Å². The Morgan fingerprint density at radius 1 is 1.31 bits per heavy atom. The van der Waals surface area contributed by atoms with Gasteiger partial charge in [0.05, 0.1) is 7.11 Å². The fourth-order valence-corrected chi connectivity index (χ4v) is 1.81. The summed E-state index contributed by atoms with van der Waals surface area (Å²) in [6.45, 7) is 1.15. The number of benzene rings is 1. The molecular weight excluding hydrogens is 162 g/mol. The molecule has 1 fully saturated rings. The second kappa shape index (κ2) is 3.79. The monoisotopic (exact) mass is 177 g/mol. The van der Waals surface area contributed by atoms with Gasteiger partial charge < -0.3 is 10.1 Å². The summed E-state index contributed by atoms with van der Waals surface area (Å²) in [6, 6.07) is 8.89. The zero-order valence-electron chi connectivity index (χ0n) is 7.92. The number of rotatable bonds is 2. The zero-order valence-corrected chi connectivity index (χ0v) is 7.92. The SMILES string of the molecule is COc1ccc(C2CCCN2)cc1. The lowest BCUT2D eigenvalue weighted by Gasteiger charge is -2.10. The molecule has 2 rings (SSSR count). The van der Waals surface area contributed by atoms with E-state index in [1.807, 2.05) is 12.1 Å². The molecule has 70 valence electrons. The molecule has 0 spiro atoms. The molecule has 1 atom stereocenters. The van der Waals surface area contributed by atoms with Crippen LogP contribution in [0.4, 0.5) is 0 Å². The van der Waals surface area contributed by atoms with Gasteiger partial charge in [-0.3, -0.25) is 0 Å². The van der Waals surface area contributed by atoms with Crippen molar-refractivity contribution in [1.29, 1.82) is 0 Å². The molecule has 1 aliphatic heterocycles. The van der Waals surface area contributed by atoms with Crippen LogP contribution in [0.15, 0.2) is 24.3 Å². The van der Waals surface area contributed by atoms with Gasteiger partial charge in [-0.1, -0.05) is 12.1 Å². The Hall–Kier alpha value is -1.02. The van der Waals surface area contributed by atoms with E-state index < -0.39 is 0 Å². The van der Waals surface area contributed by atoms with Gasteiger partial charge in [-0.05, 0) is 37.1 Å². The highest BCUT2D eigenvalue weighted by atomic mass is 16.5. The molecule has 1 aliphatic rings. The molecule has 0 aromatic heterocycles. The fraction of sp³-hybridized carbons (Fsp3) is 0.455. The van der Waals surface area contributed by atoms with E-state index in [1.165, 1.54) is 18.4 Å². The summed E-state index contributed by atoms with van der Waals surface area (Å²) in [6.07, 6.45) is 2.54. The fourth-order valence-electron chi connectivity index (χ4n) is 1.81. The molecule has 2 nitrogen and oxygen atoms in total. The van der Waals surface area contributed by atoms with Crippen LogP contribution in [0.3, 0.4) is 0 Å². The minimum atomic E-state index is 0.561. The molecule has 0 aliphatic carbocycles. The molecule has 0 amide bonds. The van der Waals surface area contributed by atoms with E-state index in [4.69, 9.17) is 4.74 Å². The van der Waals surface area contributed by atoms with Crippen LogP contribution in [0.1, 0.15) is 24.4 Å². The van der Waals surface area contributed by atoms with Crippen LogP contribution in [-0.4, -0.2) is 13.7 Å². The predicted octanol–water partition coefficient (Wildman–Crippen LogP) is 2.12. The van der Waals surface area contributed by atoms with Gasteiger partial charge in [0, 0.05) is 6.04 Å². The lowest BCUT2D eigenvalue weighted by Crippen LogP contribution is -2.12. The van der Waals surface area contributed by atoms with Crippen molar-refractivity contribution in [2.45, 2.75) is 18.9 Å². The van der Waals surface area contributed by atoms with E-state index in [0.29, 0.717) is 6.04 Å². The molecule has 0 radical (unpaired) electrons. The maximum Gasteiger partial charge on any atom is 0.118 e. The Morgan fingerprint density at radius 3 is 2.62 bits per heavy atom. The summed E-state index contributed by atoms with van der Waals surface area (Å²) in [5.41, 5.74) is 1.37. The van der Waals surface area contributed by atoms with Gasteiger partial charge in [0.1, 0.15) is 5.75 Å². The molecule has 1 heterocycles. The zero-order chi connectivity index (χ0) is 9.10. The van der Waals surface area contributed by atoms with Crippen molar-refractivity contribution >= 4 is 0 Å². The second-order valence-electron chi connectivity index (χ2n) is 3.42. The van der Waals surface area contributed by atoms with Crippen molar-refractivity contribution in [3.8, 4) is 5.75 Å². The first-order valence-corrected chi connectivity index (χ1v) is 4.77. The summed E-state index contributed by atoms with van der Waals surface area (Å²) in [4.78, 5) is 0.